The molecule has 3 nitrogen and oxygen atoms in total. The molecule has 118 valence electrons. The Hall–Kier alpha value is -1.51. The number of rotatable bonds is 12. The van der Waals surface area contributed by atoms with E-state index in [0.717, 1.165) is 18.5 Å². The van der Waals surface area contributed by atoms with Gasteiger partial charge in [-0.15, -0.1) is 0 Å². The highest BCUT2D eigenvalue weighted by Crippen LogP contribution is 2.28. The summed E-state index contributed by atoms with van der Waals surface area (Å²) in [5, 5.41) is 0. The predicted molar refractivity (Wildman–Crippen MR) is 86.5 cm³/mol. The minimum absolute atomic E-state index is 0.566. The van der Waals surface area contributed by atoms with Gasteiger partial charge in [-0.1, -0.05) is 45.4 Å². The lowest BCUT2D eigenvalue weighted by Crippen LogP contribution is -2.01. The first-order chi connectivity index (χ1) is 10.3. The smallest absolute Gasteiger partial charge is 0.161 e. The lowest BCUT2D eigenvalue weighted by atomic mass is 10.1. The molecular weight excluding hydrogens is 264 g/mol. The van der Waals surface area contributed by atoms with Crippen LogP contribution in [-0.4, -0.2) is 19.5 Å². The average molecular weight is 292 g/mol. The number of benzene rings is 1. The summed E-state index contributed by atoms with van der Waals surface area (Å²) in [4.78, 5) is 10.8. The van der Waals surface area contributed by atoms with Crippen molar-refractivity contribution < 1.29 is 14.3 Å². The monoisotopic (exact) mass is 292 g/mol. The minimum Gasteiger partial charge on any atom is -0.490 e. The van der Waals surface area contributed by atoms with Crippen LogP contribution in [0.25, 0.3) is 0 Å². The highest BCUT2D eigenvalue weighted by Gasteiger charge is 2.06. The predicted octanol–water partition coefficient (Wildman–Crippen LogP) is 5.03. The van der Waals surface area contributed by atoms with Gasteiger partial charge in [0.2, 0.25) is 0 Å². The van der Waals surface area contributed by atoms with Gasteiger partial charge in [-0.3, -0.25) is 4.79 Å². The fraction of sp³-hybridized carbons (Fsp3) is 0.611. The average Bonchev–Trinajstić information content (AvgIpc) is 2.51. The molecule has 0 aliphatic carbocycles. The molecule has 1 aromatic carbocycles. The number of aldehydes is 1. The van der Waals surface area contributed by atoms with Crippen LogP contribution in [-0.2, 0) is 0 Å². The van der Waals surface area contributed by atoms with Crippen LogP contribution in [0.1, 0.15) is 69.2 Å². The van der Waals surface area contributed by atoms with Gasteiger partial charge in [0, 0.05) is 5.56 Å². The Bertz CT molecular complexity index is 401. The molecule has 0 atom stereocenters. The second kappa shape index (κ2) is 11.2. The van der Waals surface area contributed by atoms with Crippen molar-refractivity contribution in [1.82, 2.24) is 0 Å². The molecule has 0 saturated heterocycles. The fourth-order valence-electron chi connectivity index (χ4n) is 2.23. The molecule has 0 bridgehead atoms. The maximum absolute atomic E-state index is 10.8. The lowest BCUT2D eigenvalue weighted by Gasteiger charge is -2.12. The van der Waals surface area contributed by atoms with Crippen molar-refractivity contribution in [2.24, 2.45) is 0 Å². The van der Waals surface area contributed by atoms with Crippen molar-refractivity contribution in [3.63, 3.8) is 0 Å². The lowest BCUT2D eigenvalue weighted by molar-refractivity contribution is 0.112. The van der Waals surface area contributed by atoms with E-state index in [4.69, 9.17) is 9.47 Å². The Morgan fingerprint density at radius 3 is 2.29 bits per heavy atom. The van der Waals surface area contributed by atoms with Gasteiger partial charge in [-0.05, 0) is 31.5 Å². The Labute approximate surface area is 128 Å². The standard InChI is InChI=1S/C18H28O3/c1-3-5-6-7-8-9-10-13-21-17-12-11-16(15-19)14-18(17)20-4-2/h11-12,14-15H,3-10,13H2,1-2H3. The summed E-state index contributed by atoms with van der Waals surface area (Å²) in [5.74, 6) is 1.39. The molecule has 0 aliphatic heterocycles. The third-order valence-corrected chi connectivity index (χ3v) is 3.41. The van der Waals surface area contributed by atoms with Crippen molar-refractivity contribution in [3.05, 3.63) is 23.8 Å². The number of unbranched alkanes of at least 4 members (excludes halogenated alkanes) is 6. The molecular formula is C18H28O3. The van der Waals surface area contributed by atoms with Crippen molar-refractivity contribution in [2.75, 3.05) is 13.2 Å². The number of hydrogen-bond donors (Lipinski definition) is 0. The number of carbonyl (C=O) groups excluding carboxylic acids is 1. The maximum Gasteiger partial charge on any atom is 0.161 e. The van der Waals surface area contributed by atoms with E-state index in [1.165, 1.54) is 38.5 Å². The van der Waals surface area contributed by atoms with Gasteiger partial charge >= 0.3 is 0 Å². The van der Waals surface area contributed by atoms with Crippen LogP contribution in [0.3, 0.4) is 0 Å². The first-order valence-electron chi connectivity index (χ1n) is 8.16. The zero-order chi connectivity index (χ0) is 15.3. The van der Waals surface area contributed by atoms with Gasteiger partial charge < -0.3 is 9.47 Å². The molecule has 21 heavy (non-hydrogen) atoms. The summed E-state index contributed by atoms with van der Waals surface area (Å²) in [5.41, 5.74) is 0.613. The van der Waals surface area contributed by atoms with Gasteiger partial charge in [0.1, 0.15) is 6.29 Å². The van der Waals surface area contributed by atoms with E-state index >= 15 is 0 Å². The van der Waals surface area contributed by atoms with Crippen LogP contribution >= 0.6 is 0 Å². The van der Waals surface area contributed by atoms with E-state index in [9.17, 15) is 4.79 Å². The summed E-state index contributed by atoms with van der Waals surface area (Å²) < 4.78 is 11.3. The molecule has 3 heteroatoms. The van der Waals surface area contributed by atoms with Gasteiger partial charge in [-0.25, -0.2) is 0 Å². The number of carbonyl (C=O) groups is 1. The molecule has 1 rings (SSSR count). The first-order valence-corrected chi connectivity index (χ1v) is 8.16. The minimum atomic E-state index is 0.566. The van der Waals surface area contributed by atoms with Crippen molar-refractivity contribution in [2.45, 2.75) is 58.8 Å². The molecule has 0 unspecified atom stereocenters. The molecule has 0 heterocycles. The topological polar surface area (TPSA) is 35.5 Å². The van der Waals surface area contributed by atoms with Crippen LogP contribution in [0, 0.1) is 0 Å². The molecule has 0 N–H and O–H groups in total. The van der Waals surface area contributed by atoms with Gasteiger partial charge in [-0.2, -0.15) is 0 Å². The molecule has 1 aromatic rings. The molecule has 0 amide bonds. The molecule has 0 fully saturated rings. The van der Waals surface area contributed by atoms with E-state index < -0.39 is 0 Å². The summed E-state index contributed by atoms with van der Waals surface area (Å²) in [6, 6.07) is 5.31. The Kier molecular flexibility index (Phi) is 9.34. The fourth-order valence-corrected chi connectivity index (χ4v) is 2.23. The van der Waals surface area contributed by atoms with Crippen LogP contribution in [0.5, 0.6) is 11.5 Å². The van der Waals surface area contributed by atoms with Crippen molar-refractivity contribution in [3.8, 4) is 11.5 Å². The van der Waals surface area contributed by atoms with Crippen LogP contribution < -0.4 is 9.47 Å². The van der Waals surface area contributed by atoms with Crippen LogP contribution in [0.4, 0.5) is 0 Å². The highest BCUT2D eigenvalue weighted by molar-refractivity contribution is 5.76. The van der Waals surface area contributed by atoms with Crippen LogP contribution in [0.15, 0.2) is 18.2 Å². The van der Waals surface area contributed by atoms with E-state index in [0.29, 0.717) is 24.5 Å². The molecule has 0 saturated carbocycles. The van der Waals surface area contributed by atoms with Crippen LogP contribution in [0.2, 0.25) is 0 Å². The van der Waals surface area contributed by atoms with Gasteiger partial charge in [0.15, 0.2) is 11.5 Å². The van der Waals surface area contributed by atoms with E-state index in [-0.39, 0.29) is 0 Å². The Balaban J connectivity index is 2.29. The molecule has 0 spiro atoms. The quantitative estimate of drug-likeness (QED) is 0.400. The zero-order valence-electron chi connectivity index (χ0n) is 13.4. The van der Waals surface area contributed by atoms with Gasteiger partial charge in [0.25, 0.3) is 0 Å². The van der Waals surface area contributed by atoms with E-state index in [1.807, 2.05) is 13.0 Å². The van der Waals surface area contributed by atoms with E-state index in [1.54, 1.807) is 12.1 Å². The third kappa shape index (κ3) is 7.16. The highest BCUT2D eigenvalue weighted by atomic mass is 16.5. The summed E-state index contributed by atoms with van der Waals surface area (Å²) in [7, 11) is 0. The Morgan fingerprint density at radius 1 is 0.905 bits per heavy atom. The first kappa shape index (κ1) is 17.5. The normalized spacial score (nSPS) is 10.4. The Morgan fingerprint density at radius 2 is 1.62 bits per heavy atom. The molecule has 0 aromatic heterocycles. The second-order valence-electron chi connectivity index (χ2n) is 5.23. The van der Waals surface area contributed by atoms with E-state index in [2.05, 4.69) is 6.92 Å². The SMILES string of the molecule is CCCCCCCCCOc1ccc(C=O)cc1OCC. The third-order valence-electron chi connectivity index (χ3n) is 3.41. The number of ether oxygens (including phenoxy) is 2. The largest absolute Gasteiger partial charge is 0.490 e. The second-order valence-corrected chi connectivity index (χ2v) is 5.23. The molecule has 0 aliphatic rings. The van der Waals surface area contributed by atoms with Gasteiger partial charge in [0.05, 0.1) is 13.2 Å². The zero-order valence-corrected chi connectivity index (χ0v) is 13.4. The number of hydrogen-bond acceptors (Lipinski definition) is 3. The maximum atomic E-state index is 10.8. The van der Waals surface area contributed by atoms with Crippen molar-refractivity contribution >= 4 is 6.29 Å². The van der Waals surface area contributed by atoms with Crippen molar-refractivity contribution in [1.29, 1.82) is 0 Å². The summed E-state index contributed by atoms with van der Waals surface area (Å²) in [6.07, 6.45) is 9.68. The summed E-state index contributed by atoms with van der Waals surface area (Å²) >= 11 is 0. The molecule has 0 radical (unpaired) electrons. The summed E-state index contributed by atoms with van der Waals surface area (Å²) in [6.45, 7) is 5.43.